The van der Waals surface area contributed by atoms with Crippen LogP contribution in [0.4, 0.5) is 13.2 Å². The molecule has 106 valence electrons. The Balaban J connectivity index is 2.22. The second-order valence-electron chi connectivity index (χ2n) is 3.98. The number of aliphatic hydroxyl groups excluding tert-OH is 1. The van der Waals surface area contributed by atoms with Gasteiger partial charge in [-0.3, -0.25) is 4.79 Å². The van der Waals surface area contributed by atoms with Crippen LogP contribution in [0.2, 0.25) is 0 Å². The first kappa shape index (κ1) is 14.1. The van der Waals surface area contributed by atoms with Crippen molar-refractivity contribution in [1.82, 2.24) is 5.32 Å². The van der Waals surface area contributed by atoms with Crippen LogP contribution in [0.1, 0.15) is 22.2 Å². The smallest absolute Gasteiger partial charge is 0.287 e. The third-order valence-electron chi connectivity index (χ3n) is 2.64. The van der Waals surface area contributed by atoms with Crippen LogP contribution in [0.15, 0.2) is 34.9 Å². The summed E-state index contributed by atoms with van der Waals surface area (Å²) in [6.45, 7) is -0.614. The van der Waals surface area contributed by atoms with E-state index in [1.165, 1.54) is 18.4 Å². The summed E-state index contributed by atoms with van der Waals surface area (Å²) in [4.78, 5) is 11.7. The van der Waals surface area contributed by atoms with Crippen molar-refractivity contribution in [3.63, 3.8) is 0 Å². The predicted molar refractivity (Wildman–Crippen MR) is 62.3 cm³/mol. The molecule has 0 spiro atoms. The molecule has 2 aromatic rings. The van der Waals surface area contributed by atoms with E-state index in [0.29, 0.717) is 12.1 Å². The van der Waals surface area contributed by atoms with Gasteiger partial charge in [0.2, 0.25) is 0 Å². The van der Waals surface area contributed by atoms with Gasteiger partial charge in [0.1, 0.15) is 0 Å². The van der Waals surface area contributed by atoms with Crippen molar-refractivity contribution in [3.8, 4) is 0 Å². The van der Waals surface area contributed by atoms with Crippen molar-refractivity contribution in [1.29, 1.82) is 0 Å². The van der Waals surface area contributed by atoms with Crippen LogP contribution < -0.4 is 5.32 Å². The van der Waals surface area contributed by atoms with E-state index in [1.807, 2.05) is 0 Å². The molecule has 1 amide bonds. The number of benzene rings is 1. The zero-order valence-electron chi connectivity index (χ0n) is 10.1. The zero-order valence-corrected chi connectivity index (χ0v) is 10.1. The second kappa shape index (κ2) is 5.79. The van der Waals surface area contributed by atoms with E-state index in [1.54, 1.807) is 0 Å². The summed E-state index contributed by atoms with van der Waals surface area (Å²) in [6.07, 6.45) is 1.28. The van der Waals surface area contributed by atoms with Gasteiger partial charge in [-0.15, -0.1) is 0 Å². The Bertz CT molecular complexity index is 590. The Morgan fingerprint density at radius 2 is 1.95 bits per heavy atom. The van der Waals surface area contributed by atoms with E-state index < -0.39 is 36.0 Å². The van der Waals surface area contributed by atoms with Crippen molar-refractivity contribution < 1.29 is 27.5 Å². The number of rotatable bonds is 4. The van der Waals surface area contributed by atoms with Gasteiger partial charge < -0.3 is 14.8 Å². The molecule has 0 saturated carbocycles. The number of carbonyl (C=O) groups excluding carboxylic acids is 1. The highest BCUT2D eigenvalue weighted by Crippen LogP contribution is 2.19. The molecule has 2 N–H and O–H groups in total. The lowest BCUT2D eigenvalue weighted by molar-refractivity contribution is 0.0888. The van der Waals surface area contributed by atoms with Crippen LogP contribution in [0.25, 0.3) is 0 Å². The molecule has 20 heavy (non-hydrogen) atoms. The van der Waals surface area contributed by atoms with E-state index >= 15 is 0 Å². The standard InChI is InChI=1S/C13H10F3NO3/c14-8-4-7(5-9(15)12(8)16)10(6-18)17-13(19)11-2-1-3-20-11/h1-5,10,18H,6H2,(H,17,19). The van der Waals surface area contributed by atoms with Gasteiger partial charge in [-0.1, -0.05) is 0 Å². The Kier molecular flexibility index (Phi) is 4.09. The first-order valence-electron chi connectivity index (χ1n) is 5.62. The van der Waals surface area contributed by atoms with Crippen molar-refractivity contribution in [3.05, 3.63) is 59.3 Å². The lowest BCUT2D eigenvalue weighted by atomic mass is 10.1. The molecule has 0 bridgehead atoms. The Hall–Kier alpha value is -2.28. The molecule has 1 aromatic carbocycles. The summed E-state index contributed by atoms with van der Waals surface area (Å²) in [5, 5.41) is 11.5. The third-order valence-corrected chi connectivity index (χ3v) is 2.64. The molecule has 0 aliphatic rings. The number of aliphatic hydroxyl groups is 1. The quantitative estimate of drug-likeness (QED) is 0.846. The Morgan fingerprint density at radius 3 is 2.45 bits per heavy atom. The minimum Gasteiger partial charge on any atom is -0.459 e. The number of carbonyl (C=O) groups is 1. The second-order valence-corrected chi connectivity index (χ2v) is 3.98. The number of hydrogen-bond acceptors (Lipinski definition) is 3. The summed E-state index contributed by atoms with van der Waals surface area (Å²) in [7, 11) is 0. The van der Waals surface area contributed by atoms with Crippen molar-refractivity contribution in [2.75, 3.05) is 6.61 Å². The molecule has 0 aliphatic heterocycles. The number of nitrogens with one attached hydrogen (secondary N) is 1. The summed E-state index contributed by atoms with van der Waals surface area (Å²) in [6, 6.07) is 3.20. The van der Waals surface area contributed by atoms with Crippen LogP contribution >= 0.6 is 0 Å². The Labute approximate surface area is 111 Å². The SMILES string of the molecule is O=C(NC(CO)c1cc(F)c(F)c(F)c1)c1ccco1. The molecular weight excluding hydrogens is 275 g/mol. The molecule has 2 rings (SSSR count). The van der Waals surface area contributed by atoms with Gasteiger partial charge >= 0.3 is 0 Å². The van der Waals surface area contributed by atoms with E-state index in [-0.39, 0.29) is 11.3 Å². The van der Waals surface area contributed by atoms with E-state index in [2.05, 4.69) is 5.32 Å². The fourth-order valence-corrected chi connectivity index (χ4v) is 1.65. The molecule has 0 aliphatic carbocycles. The van der Waals surface area contributed by atoms with E-state index in [4.69, 9.17) is 4.42 Å². The molecule has 1 atom stereocenters. The summed E-state index contributed by atoms with van der Waals surface area (Å²) < 4.78 is 43.9. The molecule has 0 radical (unpaired) electrons. The number of furan rings is 1. The maximum atomic E-state index is 13.1. The lowest BCUT2D eigenvalue weighted by Gasteiger charge is -2.16. The number of halogens is 3. The third kappa shape index (κ3) is 2.83. The van der Waals surface area contributed by atoms with Crippen LogP contribution in [0.3, 0.4) is 0 Å². The normalized spacial score (nSPS) is 12.2. The average molecular weight is 285 g/mol. The molecule has 7 heteroatoms. The largest absolute Gasteiger partial charge is 0.459 e. The maximum absolute atomic E-state index is 13.1. The fraction of sp³-hybridized carbons (Fsp3) is 0.154. The highest BCUT2D eigenvalue weighted by molar-refractivity contribution is 5.91. The van der Waals surface area contributed by atoms with E-state index in [0.717, 1.165) is 0 Å². The zero-order chi connectivity index (χ0) is 14.7. The minimum atomic E-state index is -1.61. The number of hydrogen-bond donors (Lipinski definition) is 2. The molecular formula is C13H10F3NO3. The molecule has 0 saturated heterocycles. The summed E-state index contributed by atoms with van der Waals surface area (Å²) in [5.74, 6) is -5.09. The molecule has 1 heterocycles. The summed E-state index contributed by atoms with van der Waals surface area (Å²) >= 11 is 0. The summed E-state index contributed by atoms with van der Waals surface area (Å²) in [5.41, 5.74) is -0.0937. The average Bonchev–Trinajstić information content (AvgIpc) is 2.95. The predicted octanol–water partition coefficient (Wildman–Crippen LogP) is 2.16. The lowest BCUT2D eigenvalue weighted by Crippen LogP contribution is -2.30. The van der Waals surface area contributed by atoms with Gasteiger partial charge in [0, 0.05) is 0 Å². The number of amides is 1. The first-order chi connectivity index (χ1) is 9.52. The maximum Gasteiger partial charge on any atom is 0.287 e. The van der Waals surface area contributed by atoms with Crippen LogP contribution in [0.5, 0.6) is 0 Å². The highest BCUT2D eigenvalue weighted by Gasteiger charge is 2.20. The minimum absolute atomic E-state index is 0.0218. The van der Waals surface area contributed by atoms with Crippen LogP contribution in [-0.4, -0.2) is 17.6 Å². The van der Waals surface area contributed by atoms with Gasteiger partial charge in [0.25, 0.3) is 5.91 Å². The molecule has 1 unspecified atom stereocenters. The molecule has 4 nitrogen and oxygen atoms in total. The van der Waals surface area contributed by atoms with Crippen molar-refractivity contribution in [2.24, 2.45) is 0 Å². The van der Waals surface area contributed by atoms with Crippen LogP contribution in [-0.2, 0) is 0 Å². The molecule has 1 aromatic heterocycles. The Morgan fingerprint density at radius 1 is 1.30 bits per heavy atom. The van der Waals surface area contributed by atoms with Crippen molar-refractivity contribution in [2.45, 2.75) is 6.04 Å². The topological polar surface area (TPSA) is 62.5 Å². The highest BCUT2D eigenvalue weighted by atomic mass is 19.2. The van der Waals surface area contributed by atoms with E-state index in [9.17, 15) is 23.1 Å². The van der Waals surface area contributed by atoms with Gasteiger partial charge in [0.15, 0.2) is 23.2 Å². The van der Waals surface area contributed by atoms with Gasteiger partial charge in [0.05, 0.1) is 18.9 Å². The van der Waals surface area contributed by atoms with Crippen molar-refractivity contribution >= 4 is 5.91 Å². The van der Waals surface area contributed by atoms with Gasteiger partial charge in [-0.05, 0) is 29.8 Å². The van der Waals surface area contributed by atoms with Gasteiger partial charge in [-0.25, -0.2) is 13.2 Å². The first-order valence-corrected chi connectivity index (χ1v) is 5.62. The van der Waals surface area contributed by atoms with Gasteiger partial charge in [-0.2, -0.15) is 0 Å². The monoisotopic (exact) mass is 285 g/mol. The molecule has 0 fully saturated rings. The van der Waals surface area contributed by atoms with Crippen LogP contribution in [0, 0.1) is 17.5 Å². The fourth-order valence-electron chi connectivity index (χ4n) is 1.65.